The molecule has 21 heavy (non-hydrogen) atoms. The summed E-state index contributed by atoms with van der Waals surface area (Å²) in [5, 5.41) is 0.0119. The average molecular weight is 306 g/mol. The maximum absolute atomic E-state index is 13.0. The Bertz CT molecular complexity index is 644. The van der Waals surface area contributed by atoms with Crippen LogP contribution in [0, 0.1) is 5.82 Å². The number of carbonyl (C=O) groups excluding carboxylic acids is 1. The zero-order valence-electron chi connectivity index (χ0n) is 11.1. The topological polar surface area (TPSA) is 38.3 Å². The molecule has 1 amide bonds. The second kappa shape index (κ2) is 7.57. The molecule has 108 valence electrons. The van der Waals surface area contributed by atoms with Crippen LogP contribution in [0.5, 0.6) is 0 Å². The molecule has 0 saturated carbocycles. The maximum atomic E-state index is 13.0. The Morgan fingerprint density at radius 3 is 2.71 bits per heavy atom. The summed E-state index contributed by atoms with van der Waals surface area (Å²) in [5.74, 6) is -0.907. The van der Waals surface area contributed by atoms with Gasteiger partial charge in [0.15, 0.2) is 0 Å². The fourth-order valence-electron chi connectivity index (χ4n) is 1.59. The molecular weight excluding hydrogens is 293 g/mol. The molecule has 0 unspecified atom stereocenters. The van der Waals surface area contributed by atoms with Crippen molar-refractivity contribution in [1.29, 1.82) is 0 Å². The first-order valence-electron chi connectivity index (χ1n) is 6.24. The monoisotopic (exact) mass is 305 g/mol. The number of hydrogen-bond acceptors (Lipinski definition) is 2. The van der Waals surface area contributed by atoms with E-state index in [2.05, 4.69) is 5.48 Å². The Kier molecular flexibility index (Phi) is 5.49. The standard InChI is InChI=1S/C16H13ClFNO2/c17-14-10-12(6-8-15(14)18)7-9-16(20)19-21-11-13-4-2-1-3-5-13/h1-10H,11H2,(H,19,20)/b9-7+. The van der Waals surface area contributed by atoms with Crippen LogP contribution in [0.3, 0.4) is 0 Å². The van der Waals surface area contributed by atoms with Crippen molar-refractivity contribution in [2.75, 3.05) is 0 Å². The van der Waals surface area contributed by atoms with E-state index in [1.807, 2.05) is 30.3 Å². The van der Waals surface area contributed by atoms with Gasteiger partial charge in [0.2, 0.25) is 0 Å². The van der Waals surface area contributed by atoms with E-state index in [1.54, 1.807) is 0 Å². The first-order chi connectivity index (χ1) is 10.1. The lowest BCUT2D eigenvalue weighted by Crippen LogP contribution is -2.21. The summed E-state index contributed by atoms with van der Waals surface area (Å²) < 4.78 is 13.0. The molecule has 0 aliphatic heterocycles. The van der Waals surface area contributed by atoms with Crippen molar-refractivity contribution in [2.45, 2.75) is 6.61 Å². The third kappa shape index (κ3) is 5.02. The van der Waals surface area contributed by atoms with Gasteiger partial charge in [-0.2, -0.15) is 0 Å². The minimum absolute atomic E-state index is 0.0119. The Morgan fingerprint density at radius 2 is 2.00 bits per heavy atom. The highest BCUT2D eigenvalue weighted by Crippen LogP contribution is 2.16. The molecule has 3 nitrogen and oxygen atoms in total. The summed E-state index contributed by atoms with van der Waals surface area (Å²) in [6.07, 6.45) is 2.81. The Labute approximate surface area is 127 Å². The van der Waals surface area contributed by atoms with Gasteiger partial charge in [0.1, 0.15) is 5.82 Å². The zero-order chi connectivity index (χ0) is 15.1. The van der Waals surface area contributed by atoms with Gasteiger partial charge in [-0.25, -0.2) is 9.87 Å². The quantitative estimate of drug-likeness (QED) is 0.675. The molecular formula is C16H13ClFNO2. The van der Waals surface area contributed by atoms with Crippen molar-refractivity contribution in [1.82, 2.24) is 5.48 Å². The highest BCUT2D eigenvalue weighted by Gasteiger charge is 2.00. The first-order valence-corrected chi connectivity index (χ1v) is 6.62. The fourth-order valence-corrected chi connectivity index (χ4v) is 1.78. The van der Waals surface area contributed by atoms with Gasteiger partial charge >= 0.3 is 0 Å². The lowest BCUT2D eigenvalue weighted by molar-refractivity contribution is -0.129. The Hall–Kier alpha value is -2.17. The molecule has 2 aromatic carbocycles. The van der Waals surface area contributed by atoms with Gasteiger partial charge in [-0.15, -0.1) is 0 Å². The number of halogens is 2. The van der Waals surface area contributed by atoms with Crippen molar-refractivity contribution in [3.8, 4) is 0 Å². The molecule has 0 aromatic heterocycles. The van der Waals surface area contributed by atoms with Crippen LogP contribution in [0.4, 0.5) is 4.39 Å². The second-order valence-corrected chi connectivity index (χ2v) is 4.65. The fraction of sp³-hybridized carbons (Fsp3) is 0.0625. The van der Waals surface area contributed by atoms with Crippen LogP contribution in [0.15, 0.2) is 54.6 Å². The van der Waals surface area contributed by atoms with Crippen LogP contribution in [0.2, 0.25) is 5.02 Å². The van der Waals surface area contributed by atoms with Gasteiger partial charge in [-0.3, -0.25) is 9.63 Å². The molecule has 0 radical (unpaired) electrons. The van der Waals surface area contributed by atoms with Gasteiger partial charge in [0, 0.05) is 6.08 Å². The van der Waals surface area contributed by atoms with E-state index in [0.717, 1.165) is 5.56 Å². The summed E-state index contributed by atoms with van der Waals surface area (Å²) in [7, 11) is 0. The lowest BCUT2D eigenvalue weighted by Gasteiger charge is -2.03. The molecule has 0 fully saturated rings. The molecule has 0 aliphatic carbocycles. The van der Waals surface area contributed by atoms with Gasteiger partial charge in [0.05, 0.1) is 11.6 Å². The Morgan fingerprint density at radius 1 is 1.24 bits per heavy atom. The molecule has 0 bridgehead atoms. The number of hydrogen-bond donors (Lipinski definition) is 1. The van der Waals surface area contributed by atoms with Crippen LogP contribution >= 0.6 is 11.6 Å². The minimum atomic E-state index is -0.496. The summed E-state index contributed by atoms with van der Waals surface area (Å²) in [6.45, 7) is 0.281. The number of carbonyl (C=O) groups is 1. The summed E-state index contributed by atoms with van der Waals surface area (Å²) >= 11 is 5.65. The smallest absolute Gasteiger partial charge is 0.267 e. The molecule has 2 aromatic rings. The van der Waals surface area contributed by atoms with E-state index in [9.17, 15) is 9.18 Å². The van der Waals surface area contributed by atoms with Crippen LogP contribution in [0.1, 0.15) is 11.1 Å². The highest BCUT2D eigenvalue weighted by molar-refractivity contribution is 6.30. The number of hydroxylamine groups is 1. The molecule has 0 aliphatic rings. The molecule has 0 heterocycles. The predicted molar refractivity (Wildman–Crippen MR) is 79.8 cm³/mol. The van der Waals surface area contributed by atoms with Gasteiger partial charge in [-0.1, -0.05) is 48.0 Å². The van der Waals surface area contributed by atoms with E-state index in [0.29, 0.717) is 5.56 Å². The molecule has 5 heteroatoms. The molecule has 1 N–H and O–H groups in total. The van der Waals surface area contributed by atoms with Crippen molar-refractivity contribution in [3.05, 3.63) is 76.6 Å². The molecule has 2 rings (SSSR count). The normalized spacial score (nSPS) is 10.8. The average Bonchev–Trinajstić information content (AvgIpc) is 2.49. The largest absolute Gasteiger partial charge is 0.269 e. The van der Waals surface area contributed by atoms with Gasteiger partial charge < -0.3 is 0 Å². The van der Waals surface area contributed by atoms with E-state index >= 15 is 0 Å². The Balaban J connectivity index is 1.81. The summed E-state index contributed by atoms with van der Waals surface area (Å²) in [4.78, 5) is 16.6. The number of nitrogens with one attached hydrogen (secondary N) is 1. The molecule has 0 spiro atoms. The summed E-state index contributed by atoms with van der Waals surface area (Å²) in [5.41, 5.74) is 3.87. The SMILES string of the molecule is O=C(/C=C/c1ccc(F)c(Cl)c1)NOCc1ccccc1. The van der Waals surface area contributed by atoms with Gasteiger partial charge in [-0.05, 0) is 29.3 Å². The van der Waals surface area contributed by atoms with Crippen molar-refractivity contribution < 1.29 is 14.0 Å². The number of amides is 1. The van der Waals surface area contributed by atoms with Crippen molar-refractivity contribution in [2.24, 2.45) is 0 Å². The highest BCUT2D eigenvalue weighted by atomic mass is 35.5. The predicted octanol–water partition coefficient (Wildman–Crippen LogP) is 3.74. The van der Waals surface area contributed by atoms with Gasteiger partial charge in [0.25, 0.3) is 5.91 Å². The third-order valence-corrected chi connectivity index (χ3v) is 2.91. The van der Waals surface area contributed by atoms with Crippen LogP contribution in [-0.2, 0) is 16.2 Å². The first kappa shape index (κ1) is 15.2. The van der Waals surface area contributed by atoms with Crippen LogP contribution in [0.25, 0.3) is 6.08 Å². The number of benzene rings is 2. The maximum Gasteiger partial charge on any atom is 0.267 e. The molecule has 0 saturated heterocycles. The van der Waals surface area contributed by atoms with E-state index in [-0.39, 0.29) is 11.6 Å². The van der Waals surface area contributed by atoms with Crippen molar-refractivity contribution >= 4 is 23.6 Å². The lowest BCUT2D eigenvalue weighted by atomic mass is 10.2. The molecule has 0 atom stereocenters. The third-order valence-electron chi connectivity index (χ3n) is 2.63. The van der Waals surface area contributed by atoms with Crippen LogP contribution < -0.4 is 5.48 Å². The number of rotatable bonds is 5. The van der Waals surface area contributed by atoms with Crippen LogP contribution in [-0.4, -0.2) is 5.91 Å². The zero-order valence-corrected chi connectivity index (χ0v) is 11.8. The van der Waals surface area contributed by atoms with E-state index < -0.39 is 11.7 Å². The van der Waals surface area contributed by atoms with E-state index in [4.69, 9.17) is 16.4 Å². The minimum Gasteiger partial charge on any atom is -0.269 e. The van der Waals surface area contributed by atoms with Crippen molar-refractivity contribution in [3.63, 3.8) is 0 Å². The van der Waals surface area contributed by atoms with E-state index in [1.165, 1.54) is 30.4 Å². The second-order valence-electron chi connectivity index (χ2n) is 4.25. The summed E-state index contributed by atoms with van der Waals surface area (Å²) in [6, 6.07) is 13.7.